The largest absolute Gasteiger partial charge is 0.486 e. The molecule has 104 valence electrons. The molecule has 1 aromatic carbocycles. The second-order valence-electron chi connectivity index (χ2n) is 4.26. The number of hydrogen-bond donors (Lipinski definition) is 1. The van der Waals surface area contributed by atoms with E-state index in [-0.39, 0.29) is 5.69 Å². The van der Waals surface area contributed by atoms with Gasteiger partial charge < -0.3 is 19.1 Å². The van der Waals surface area contributed by atoms with Gasteiger partial charge in [-0.2, -0.15) is 0 Å². The van der Waals surface area contributed by atoms with Crippen LogP contribution in [0.15, 0.2) is 21.1 Å². The monoisotopic (exact) mass is 339 g/mol. The van der Waals surface area contributed by atoms with E-state index in [4.69, 9.17) is 19.1 Å². The van der Waals surface area contributed by atoms with Crippen molar-refractivity contribution in [3.05, 3.63) is 27.9 Å². The van der Waals surface area contributed by atoms with E-state index in [0.717, 1.165) is 10.0 Å². The Kier molecular flexibility index (Phi) is 3.13. The van der Waals surface area contributed by atoms with Crippen molar-refractivity contribution in [2.75, 3.05) is 13.2 Å². The number of hydrogen-bond acceptors (Lipinski definition) is 5. The Hall–Kier alpha value is -2.02. The number of carboxylic acids is 1. The second-order valence-corrected chi connectivity index (χ2v) is 5.12. The van der Waals surface area contributed by atoms with Crippen molar-refractivity contribution in [3.63, 3.8) is 0 Å². The number of fused-ring (bicyclic) bond motifs is 1. The van der Waals surface area contributed by atoms with Crippen LogP contribution < -0.4 is 9.47 Å². The van der Waals surface area contributed by atoms with Crippen LogP contribution in [0, 0.1) is 6.92 Å². The molecule has 0 bridgehead atoms. The summed E-state index contributed by atoms with van der Waals surface area (Å²) in [6.07, 6.45) is 0. The molecule has 1 N–H and O–H groups in total. The first kappa shape index (κ1) is 13.0. The zero-order valence-corrected chi connectivity index (χ0v) is 12.1. The molecule has 20 heavy (non-hydrogen) atoms. The van der Waals surface area contributed by atoms with E-state index < -0.39 is 5.97 Å². The van der Waals surface area contributed by atoms with Gasteiger partial charge >= 0.3 is 5.97 Å². The highest BCUT2D eigenvalue weighted by Gasteiger charge is 2.25. The first-order valence-electron chi connectivity index (χ1n) is 5.87. The smallest absolute Gasteiger partial charge is 0.358 e. The highest BCUT2D eigenvalue weighted by atomic mass is 79.9. The summed E-state index contributed by atoms with van der Waals surface area (Å²) in [6.45, 7) is 2.78. The maximum atomic E-state index is 10.9. The average Bonchev–Trinajstić information content (AvgIpc) is 2.90. The van der Waals surface area contributed by atoms with Gasteiger partial charge in [-0.3, -0.25) is 0 Å². The number of halogens is 1. The molecule has 3 rings (SSSR count). The highest BCUT2D eigenvalue weighted by molar-refractivity contribution is 9.10. The lowest BCUT2D eigenvalue weighted by Crippen LogP contribution is -2.16. The number of carboxylic acid groups (broad SMARTS) is 1. The fourth-order valence-corrected chi connectivity index (χ4v) is 2.44. The topological polar surface area (TPSA) is 81.8 Å². The van der Waals surface area contributed by atoms with Crippen LogP contribution in [0.5, 0.6) is 11.5 Å². The average molecular weight is 340 g/mol. The molecule has 0 amide bonds. The minimum atomic E-state index is -1.14. The summed E-state index contributed by atoms with van der Waals surface area (Å²) >= 11 is 3.44. The predicted octanol–water partition coefficient (Wildman–Crippen LogP) is 2.88. The van der Waals surface area contributed by atoms with Crippen LogP contribution in [-0.2, 0) is 0 Å². The van der Waals surface area contributed by atoms with Crippen LogP contribution in [-0.4, -0.2) is 29.4 Å². The molecule has 0 spiro atoms. The van der Waals surface area contributed by atoms with Gasteiger partial charge in [0.25, 0.3) is 0 Å². The molecule has 1 aliphatic rings. The first-order valence-corrected chi connectivity index (χ1v) is 6.66. The number of nitrogens with zero attached hydrogens (tertiary/aromatic N) is 1. The molecule has 0 saturated carbocycles. The summed E-state index contributed by atoms with van der Waals surface area (Å²) in [4.78, 5) is 10.9. The Morgan fingerprint density at radius 1 is 1.35 bits per heavy atom. The summed E-state index contributed by atoms with van der Waals surface area (Å²) in [6, 6.07) is 3.19. The number of benzene rings is 1. The van der Waals surface area contributed by atoms with Gasteiger partial charge in [-0.25, -0.2) is 4.79 Å². The van der Waals surface area contributed by atoms with E-state index >= 15 is 0 Å². The van der Waals surface area contributed by atoms with E-state index in [1.807, 2.05) is 13.0 Å². The van der Waals surface area contributed by atoms with Gasteiger partial charge in [0, 0.05) is 10.5 Å². The maximum absolute atomic E-state index is 10.9. The quantitative estimate of drug-likeness (QED) is 0.905. The van der Waals surface area contributed by atoms with E-state index in [0.29, 0.717) is 36.0 Å². The van der Waals surface area contributed by atoms with Crippen LogP contribution in [0.3, 0.4) is 0 Å². The van der Waals surface area contributed by atoms with Gasteiger partial charge in [-0.1, -0.05) is 21.1 Å². The first-order chi connectivity index (χ1) is 9.58. The third-order valence-electron chi connectivity index (χ3n) is 3.00. The van der Waals surface area contributed by atoms with Gasteiger partial charge in [0.2, 0.25) is 0 Å². The van der Waals surface area contributed by atoms with E-state index in [9.17, 15) is 4.79 Å². The number of ether oxygens (including phenoxy) is 2. The van der Waals surface area contributed by atoms with Gasteiger partial charge in [0.1, 0.15) is 13.2 Å². The molecule has 0 aliphatic carbocycles. The summed E-state index contributed by atoms with van der Waals surface area (Å²) in [5.74, 6) is 0.337. The molecule has 1 aromatic heterocycles. The Morgan fingerprint density at radius 3 is 2.80 bits per heavy atom. The van der Waals surface area contributed by atoms with Crippen LogP contribution in [0.25, 0.3) is 11.3 Å². The molecule has 2 heterocycles. The lowest BCUT2D eigenvalue weighted by molar-refractivity contribution is 0.0686. The molecule has 2 aromatic rings. The second kappa shape index (κ2) is 4.82. The van der Waals surface area contributed by atoms with Gasteiger partial charge in [-0.15, -0.1) is 0 Å². The number of carbonyl (C=O) groups is 1. The van der Waals surface area contributed by atoms with Crippen molar-refractivity contribution in [3.8, 4) is 22.8 Å². The van der Waals surface area contributed by atoms with E-state index in [1.165, 1.54) is 6.07 Å². The van der Waals surface area contributed by atoms with Crippen LogP contribution in [0.1, 0.15) is 16.1 Å². The Morgan fingerprint density at radius 2 is 2.10 bits per heavy atom. The predicted molar refractivity (Wildman–Crippen MR) is 72.3 cm³/mol. The number of aromatic nitrogens is 1. The van der Waals surface area contributed by atoms with Crippen molar-refractivity contribution >= 4 is 21.9 Å². The summed E-state index contributed by atoms with van der Waals surface area (Å²) in [7, 11) is 0. The van der Waals surface area contributed by atoms with Crippen molar-refractivity contribution in [2.45, 2.75) is 6.92 Å². The third kappa shape index (κ3) is 2.03. The van der Waals surface area contributed by atoms with Crippen molar-refractivity contribution in [1.29, 1.82) is 0 Å². The Labute approximate surface area is 122 Å². The normalized spacial score (nSPS) is 13.3. The Bertz CT molecular complexity index is 694. The highest BCUT2D eigenvalue weighted by Crippen LogP contribution is 2.45. The minimum Gasteiger partial charge on any atom is -0.486 e. The molecule has 0 atom stereocenters. The standard InChI is InChI=1S/C13H10BrNO5/c1-6-7(14)4-10-12(19-3-2-18-10)11(6)9-5-8(13(16)17)15-20-9/h4-5H,2-3H2,1H3,(H,16,17). The SMILES string of the molecule is Cc1c(Br)cc2c(c1-c1cc(C(=O)O)no1)OCCO2. The van der Waals surface area contributed by atoms with E-state index in [2.05, 4.69) is 21.1 Å². The van der Waals surface area contributed by atoms with Crippen molar-refractivity contribution in [1.82, 2.24) is 5.16 Å². The van der Waals surface area contributed by atoms with Crippen LogP contribution in [0.4, 0.5) is 0 Å². The molecule has 0 radical (unpaired) electrons. The molecular weight excluding hydrogens is 330 g/mol. The van der Waals surface area contributed by atoms with Crippen molar-refractivity contribution < 1.29 is 23.9 Å². The van der Waals surface area contributed by atoms with Crippen molar-refractivity contribution in [2.24, 2.45) is 0 Å². The lowest BCUT2D eigenvalue weighted by atomic mass is 10.0. The lowest BCUT2D eigenvalue weighted by Gasteiger charge is -2.22. The fraction of sp³-hybridized carbons (Fsp3) is 0.231. The van der Waals surface area contributed by atoms with E-state index in [1.54, 1.807) is 0 Å². The van der Waals surface area contributed by atoms with Gasteiger partial charge in [0.15, 0.2) is 23.0 Å². The number of rotatable bonds is 2. The molecule has 7 heteroatoms. The summed E-state index contributed by atoms with van der Waals surface area (Å²) in [5.41, 5.74) is 1.36. The summed E-state index contributed by atoms with van der Waals surface area (Å²) < 4.78 is 17.1. The Balaban J connectivity index is 2.20. The molecule has 6 nitrogen and oxygen atoms in total. The minimum absolute atomic E-state index is 0.148. The molecule has 0 fully saturated rings. The zero-order chi connectivity index (χ0) is 14.3. The molecule has 0 unspecified atom stereocenters. The fourth-order valence-electron chi connectivity index (χ4n) is 2.04. The number of aromatic carboxylic acids is 1. The zero-order valence-electron chi connectivity index (χ0n) is 10.5. The molecule has 1 aliphatic heterocycles. The van der Waals surface area contributed by atoms with Crippen LogP contribution >= 0.6 is 15.9 Å². The maximum Gasteiger partial charge on any atom is 0.358 e. The molecular formula is C13H10BrNO5. The molecule has 0 saturated heterocycles. The van der Waals surface area contributed by atoms with Crippen LogP contribution in [0.2, 0.25) is 0 Å². The third-order valence-corrected chi connectivity index (χ3v) is 3.83. The summed E-state index contributed by atoms with van der Waals surface area (Å²) in [5, 5.41) is 12.4. The van der Waals surface area contributed by atoms with Gasteiger partial charge in [-0.05, 0) is 18.6 Å². The van der Waals surface area contributed by atoms with Gasteiger partial charge in [0.05, 0.1) is 5.56 Å².